The van der Waals surface area contributed by atoms with Crippen molar-refractivity contribution < 1.29 is 0 Å². The van der Waals surface area contributed by atoms with Crippen molar-refractivity contribution in [3.8, 4) is 6.07 Å². The molecule has 0 aromatic heterocycles. The average molecular weight is 327 g/mol. The Labute approximate surface area is 122 Å². The number of halogens is 1. The SMILES string of the molecule is CCC(CC)(CNc1cc(Br)ccc1C#N)SC. The number of hydrogen-bond donors (Lipinski definition) is 1. The minimum atomic E-state index is 0.245. The van der Waals surface area contributed by atoms with Crippen molar-refractivity contribution >= 4 is 33.4 Å². The first-order valence-corrected chi connectivity index (χ1v) is 8.11. The summed E-state index contributed by atoms with van der Waals surface area (Å²) in [7, 11) is 0. The fraction of sp³-hybridized carbons (Fsp3) is 0.500. The standard InChI is InChI=1S/C14H19BrN2S/c1-4-14(5-2,18-3)10-17-13-8-12(15)7-6-11(13)9-16/h6-8,17H,4-5,10H2,1-3H3. The largest absolute Gasteiger partial charge is 0.383 e. The van der Waals surface area contributed by atoms with Crippen molar-refractivity contribution in [2.24, 2.45) is 0 Å². The lowest BCUT2D eigenvalue weighted by Crippen LogP contribution is -2.32. The quantitative estimate of drug-likeness (QED) is 0.826. The maximum Gasteiger partial charge on any atom is 0.101 e. The topological polar surface area (TPSA) is 35.8 Å². The molecule has 1 rings (SSSR count). The molecule has 0 fully saturated rings. The molecule has 0 saturated carbocycles. The van der Waals surface area contributed by atoms with Crippen LogP contribution in [0.5, 0.6) is 0 Å². The molecular formula is C14H19BrN2S. The summed E-state index contributed by atoms with van der Waals surface area (Å²) in [5, 5.41) is 12.5. The van der Waals surface area contributed by atoms with Crippen molar-refractivity contribution in [1.82, 2.24) is 0 Å². The van der Waals surface area contributed by atoms with Crippen molar-refractivity contribution in [2.75, 3.05) is 18.1 Å². The number of nitrogens with one attached hydrogen (secondary N) is 1. The summed E-state index contributed by atoms with van der Waals surface area (Å²) in [6, 6.07) is 7.92. The number of thioether (sulfide) groups is 1. The van der Waals surface area contributed by atoms with Gasteiger partial charge >= 0.3 is 0 Å². The van der Waals surface area contributed by atoms with Crippen LogP contribution in [0.15, 0.2) is 22.7 Å². The van der Waals surface area contributed by atoms with Gasteiger partial charge in [-0.2, -0.15) is 17.0 Å². The smallest absolute Gasteiger partial charge is 0.101 e. The number of rotatable bonds is 6. The zero-order valence-electron chi connectivity index (χ0n) is 11.1. The van der Waals surface area contributed by atoms with Gasteiger partial charge in [0, 0.05) is 15.8 Å². The summed E-state index contributed by atoms with van der Waals surface area (Å²) < 4.78 is 1.24. The Hall–Kier alpha value is -0.660. The van der Waals surface area contributed by atoms with Crippen LogP contribution in [0.1, 0.15) is 32.3 Å². The fourth-order valence-electron chi connectivity index (χ4n) is 1.88. The second-order valence-corrected chi connectivity index (χ2v) is 6.44. The summed E-state index contributed by atoms with van der Waals surface area (Å²) >= 11 is 5.34. The highest BCUT2D eigenvalue weighted by atomic mass is 79.9. The van der Waals surface area contributed by atoms with E-state index in [4.69, 9.17) is 5.26 Å². The van der Waals surface area contributed by atoms with Crippen LogP contribution in [0.3, 0.4) is 0 Å². The molecule has 1 N–H and O–H groups in total. The van der Waals surface area contributed by atoms with Crippen LogP contribution in [-0.2, 0) is 0 Å². The highest BCUT2D eigenvalue weighted by molar-refractivity contribution is 9.10. The lowest BCUT2D eigenvalue weighted by molar-refractivity contribution is 0.574. The predicted octanol–water partition coefficient (Wildman–Crippen LogP) is 4.65. The van der Waals surface area contributed by atoms with Gasteiger partial charge in [-0.05, 0) is 37.3 Å². The van der Waals surface area contributed by atoms with E-state index in [1.165, 1.54) is 0 Å². The van der Waals surface area contributed by atoms with Crippen molar-refractivity contribution in [1.29, 1.82) is 5.26 Å². The first-order valence-electron chi connectivity index (χ1n) is 6.09. The third-order valence-electron chi connectivity index (χ3n) is 3.42. The van der Waals surface area contributed by atoms with E-state index in [1.54, 1.807) is 0 Å². The fourth-order valence-corrected chi connectivity index (χ4v) is 3.03. The van der Waals surface area contributed by atoms with E-state index in [1.807, 2.05) is 30.0 Å². The highest BCUT2D eigenvalue weighted by Gasteiger charge is 2.24. The monoisotopic (exact) mass is 326 g/mol. The predicted molar refractivity (Wildman–Crippen MR) is 84.2 cm³/mol. The molecule has 0 aliphatic heterocycles. The number of nitriles is 1. The van der Waals surface area contributed by atoms with E-state index in [2.05, 4.69) is 47.4 Å². The van der Waals surface area contributed by atoms with Gasteiger partial charge in [-0.3, -0.25) is 0 Å². The van der Waals surface area contributed by atoms with Gasteiger partial charge in [0.05, 0.1) is 11.3 Å². The van der Waals surface area contributed by atoms with Crippen molar-refractivity contribution in [2.45, 2.75) is 31.4 Å². The van der Waals surface area contributed by atoms with E-state index in [-0.39, 0.29) is 4.75 Å². The van der Waals surface area contributed by atoms with Gasteiger partial charge < -0.3 is 5.32 Å². The molecule has 4 heteroatoms. The van der Waals surface area contributed by atoms with Gasteiger partial charge in [-0.25, -0.2) is 0 Å². The molecule has 18 heavy (non-hydrogen) atoms. The lowest BCUT2D eigenvalue weighted by Gasteiger charge is -2.30. The van der Waals surface area contributed by atoms with Crippen LogP contribution in [0, 0.1) is 11.3 Å². The molecule has 0 aliphatic rings. The zero-order chi connectivity index (χ0) is 13.6. The van der Waals surface area contributed by atoms with Gasteiger partial charge in [0.15, 0.2) is 0 Å². The first-order chi connectivity index (χ1) is 8.60. The number of hydrogen-bond acceptors (Lipinski definition) is 3. The second kappa shape index (κ2) is 7.06. The normalized spacial score (nSPS) is 11.1. The Morgan fingerprint density at radius 2 is 2.06 bits per heavy atom. The molecule has 0 bridgehead atoms. The Bertz CT molecular complexity index is 428. The molecule has 0 atom stereocenters. The second-order valence-electron chi connectivity index (χ2n) is 4.25. The Morgan fingerprint density at radius 1 is 1.39 bits per heavy atom. The number of nitrogens with zero attached hydrogens (tertiary/aromatic N) is 1. The van der Waals surface area contributed by atoms with E-state index < -0.39 is 0 Å². The lowest BCUT2D eigenvalue weighted by atomic mass is 10.0. The van der Waals surface area contributed by atoms with Gasteiger partial charge in [-0.15, -0.1) is 0 Å². The molecule has 0 heterocycles. The molecule has 0 amide bonds. The summed E-state index contributed by atoms with van der Waals surface area (Å²) in [4.78, 5) is 0. The van der Waals surface area contributed by atoms with E-state index in [9.17, 15) is 0 Å². The van der Waals surface area contributed by atoms with Gasteiger partial charge in [-0.1, -0.05) is 29.8 Å². The van der Waals surface area contributed by atoms with Crippen molar-refractivity contribution in [3.05, 3.63) is 28.2 Å². The summed E-state index contributed by atoms with van der Waals surface area (Å²) in [6.45, 7) is 5.31. The van der Waals surface area contributed by atoms with Gasteiger partial charge in [0.2, 0.25) is 0 Å². The molecular weight excluding hydrogens is 308 g/mol. The van der Waals surface area contributed by atoms with Crippen molar-refractivity contribution in [3.63, 3.8) is 0 Å². The summed E-state index contributed by atoms with van der Waals surface area (Å²) in [6.07, 6.45) is 4.39. The van der Waals surface area contributed by atoms with E-state index >= 15 is 0 Å². The summed E-state index contributed by atoms with van der Waals surface area (Å²) in [5.41, 5.74) is 1.60. The minimum Gasteiger partial charge on any atom is -0.383 e. The molecule has 0 spiro atoms. The third kappa shape index (κ3) is 3.66. The molecule has 2 nitrogen and oxygen atoms in total. The molecule has 0 saturated heterocycles. The maximum atomic E-state index is 9.10. The first kappa shape index (κ1) is 15.4. The average Bonchev–Trinajstić information content (AvgIpc) is 2.41. The Morgan fingerprint density at radius 3 is 2.56 bits per heavy atom. The molecule has 98 valence electrons. The highest BCUT2D eigenvalue weighted by Crippen LogP contribution is 2.31. The van der Waals surface area contributed by atoms with Crippen LogP contribution in [0.25, 0.3) is 0 Å². The molecule has 0 aliphatic carbocycles. The number of anilines is 1. The number of benzene rings is 1. The molecule has 0 unspecified atom stereocenters. The zero-order valence-corrected chi connectivity index (χ0v) is 13.5. The minimum absolute atomic E-state index is 0.245. The van der Waals surface area contributed by atoms with Crippen LogP contribution in [-0.4, -0.2) is 17.5 Å². The molecule has 0 radical (unpaired) electrons. The molecule has 1 aromatic carbocycles. The maximum absolute atomic E-state index is 9.10. The van der Waals surface area contributed by atoms with E-state index in [0.29, 0.717) is 5.56 Å². The Balaban J connectivity index is 2.85. The van der Waals surface area contributed by atoms with Crippen LogP contribution < -0.4 is 5.32 Å². The third-order valence-corrected chi connectivity index (χ3v) is 5.51. The molecule has 1 aromatic rings. The van der Waals surface area contributed by atoms with E-state index in [0.717, 1.165) is 29.5 Å². The van der Waals surface area contributed by atoms with Crippen LogP contribution in [0.4, 0.5) is 5.69 Å². The van der Waals surface area contributed by atoms with Gasteiger partial charge in [0.1, 0.15) is 6.07 Å². The summed E-state index contributed by atoms with van der Waals surface area (Å²) in [5.74, 6) is 0. The van der Waals surface area contributed by atoms with Crippen LogP contribution in [0.2, 0.25) is 0 Å². The van der Waals surface area contributed by atoms with Gasteiger partial charge in [0.25, 0.3) is 0 Å². The Kier molecular flexibility index (Phi) is 6.04. The van der Waals surface area contributed by atoms with Crippen LogP contribution >= 0.6 is 27.7 Å².